The Morgan fingerprint density at radius 3 is 2.61 bits per heavy atom. The molecule has 4 rings (SSSR count). The van der Waals surface area contributed by atoms with E-state index in [0.29, 0.717) is 25.2 Å². The predicted molar refractivity (Wildman–Crippen MR) is 122 cm³/mol. The second kappa shape index (κ2) is 10.1. The van der Waals surface area contributed by atoms with Gasteiger partial charge in [0.1, 0.15) is 11.5 Å². The van der Waals surface area contributed by atoms with Crippen LogP contribution in [0.1, 0.15) is 22.9 Å². The molecule has 2 amide bonds. The third-order valence-electron chi connectivity index (χ3n) is 4.76. The van der Waals surface area contributed by atoms with Crippen LogP contribution in [0.4, 0.5) is 4.79 Å². The Labute approximate surface area is 189 Å². The van der Waals surface area contributed by atoms with Gasteiger partial charge < -0.3 is 9.15 Å². The van der Waals surface area contributed by atoms with Crippen molar-refractivity contribution in [2.75, 3.05) is 6.61 Å². The van der Waals surface area contributed by atoms with Crippen molar-refractivity contribution in [1.29, 1.82) is 0 Å². The van der Waals surface area contributed by atoms with Crippen LogP contribution in [-0.4, -0.2) is 28.0 Å². The largest absolute Gasteiger partial charge is 0.493 e. The van der Waals surface area contributed by atoms with Gasteiger partial charge in [0, 0.05) is 11.3 Å². The van der Waals surface area contributed by atoms with Gasteiger partial charge >= 0.3 is 0 Å². The molecule has 2 heterocycles. The second-order valence-corrected chi connectivity index (χ2v) is 9.27. The summed E-state index contributed by atoms with van der Waals surface area (Å²) >= 11 is 2.74. The van der Waals surface area contributed by atoms with Gasteiger partial charge in [0.2, 0.25) is 11.8 Å². The Hall–Kier alpha value is -2.71. The molecule has 1 aliphatic heterocycles. The van der Waals surface area contributed by atoms with E-state index in [0.717, 1.165) is 40.4 Å². The van der Waals surface area contributed by atoms with Gasteiger partial charge in [-0.15, -0.1) is 11.8 Å². The zero-order chi connectivity index (χ0) is 21.6. The number of hydrogen-bond donors (Lipinski definition) is 1. The van der Waals surface area contributed by atoms with Gasteiger partial charge in [-0.1, -0.05) is 42.1 Å². The van der Waals surface area contributed by atoms with Gasteiger partial charge in [-0.3, -0.25) is 14.9 Å². The quantitative estimate of drug-likeness (QED) is 0.466. The number of nitrogens with one attached hydrogen (secondary N) is 1. The van der Waals surface area contributed by atoms with Crippen LogP contribution in [0.3, 0.4) is 0 Å². The van der Waals surface area contributed by atoms with Crippen molar-refractivity contribution < 1.29 is 18.7 Å². The SMILES string of the molecule is Cc1oc(CSc2ccccc2)nc1CCOc1ccc(CC2SC(=O)NC2=O)cc1. The lowest BCUT2D eigenvalue weighted by atomic mass is 10.1. The lowest BCUT2D eigenvalue weighted by molar-refractivity contribution is -0.118. The van der Waals surface area contributed by atoms with Gasteiger partial charge in [0.05, 0.1) is 23.3 Å². The minimum Gasteiger partial charge on any atom is -0.493 e. The number of hydrogen-bond acceptors (Lipinski definition) is 7. The molecule has 0 saturated carbocycles. The highest BCUT2D eigenvalue weighted by molar-refractivity contribution is 8.15. The number of amides is 2. The number of nitrogens with zero attached hydrogens (tertiary/aromatic N) is 1. The third kappa shape index (κ3) is 5.92. The molecule has 1 atom stereocenters. The highest BCUT2D eigenvalue weighted by atomic mass is 32.2. The Kier molecular flexibility index (Phi) is 6.99. The zero-order valence-corrected chi connectivity index (χ0v) is 18.6. The monoisotopic (exact) mass is 454 g/mol. The van der Waals surface area contributed by atoms with Crippen molar-refractivity contribution in [3.8, 4) is 5.75 Å². The predicted octanol–water partition coefficient (Wildman–Crippen LogP) is 4.79. The topological polar surface area (TPSA) is 81.4 Å². The highest BCUT2D eigenvalue weighted by Crippen LogP contribution is 2.25. The minimum absolute atomic E-state index is 0.222. The summed E-state index contributed by atoms with van der Waals surface area (Å²) in [5, 5.41) is 1.67. The van der Waals surface area contributed by atoms with Crippen molar-refractivity contribution >= 4 is 34.7 Å². The van der Waals surface area contributed by atoms with E-state index in [1.54, 1.807) is 11.8 Å². The lowest BCUT2D eigenvalue weighted by Crippen LogP contribution is -2.25. The van der Waals surface area contributed by atoms with E-state index in [4.69, 9.17) is 9.15 Å². The maximum Gasteiger partial charge on any atom is 0.286 e. The number of benzene rings is 2. The van der Waals surface area contributed by atoms with E-state index >= 15 is 0 Å². The van der Waals surface area contributed by atoms with E-state index in [-0.39, 0.29) is 16.4 Å². The van der Waals surface area contributed by atoms with Crippen LogP contribution in [-0.2, 0) is 23.4 Å². The number of ether oxygens (including phenoxy) is 1. The van der Waals surface area contributed by atoms with Crippen LogP contribution in [0.15, 0.2) is 63.9 Å². The first-order valence-corrected chi connectivity index (χ1v) is 11.8. The minimum atomic E-state index is -0.358. The molecule has 8 heteroatoms. The van der Waals surface area contributed by atoms with Crippen molar-refractivity contribution in [1.82, 2.24) is 10.3 Å². The summed E-state index contributed by atoms with van der Waals surface area (Å²) in [6.07, 6.45) is 1.18. The summed E-state index contributed by atoms with van der Waals surface area (Å²) in [5.74, 6) is 2.77. The molecule has 2 aromatic carbocycles. The molecule has 0 spiro atoms. The van der Waals surface area contributed by atoms with Crippen LogP contribution < -0.4 is 10.1 Å². The maximum atomic E-state index is 11.7. The molecule has 1 saturated heterocycles. The van der Waals surface area contributed by atoms with E-state index in [1.165, 1.54) is 4.90 Å². The van der Waals surface area contributed by atoms with Gasteiger partial charge in [-0.25, -0.2) is 4.98 Å². The third-order valence-corrected chi connectivity index (χ3v) is 6.74. The van der Waals surface area contributed by atoms with Crippen molar-refractivity contribution in [3.63, 3.8) is 0 Å². The molecule has 1 unspecified atom stereocenters. The van der Waals surface area contributed by atoms with E-state index in [9.17, 15) is 9.59 Å². The second-order valence-electron chi connectivity index (χ2n) is 7.04. The fraction of sp³-hybridized carbons (Fsp3) is 0.261. The normalized spacial score (nSPS) is 15.8. The number of oxazole rings is 1. The van der Waals surface area contributed by atoms with Crippen LogP contribution >= 0.6 is 23.5 Å². The number of carbonyl (C=O) groups is 2. The van der Waals surface area contributed by atoms with Crippen molar-refractivity contribution in [2.45, 2.75) is 35.7 Å². The maximum absolute atomic E-state index is 11.7. The van der Waals surface area contributed by atoms with Crippen LogP contribution in [0.25, 0.3) is 0 Å². The molecule has 1 N–H and O–H groups in total. The van der Waals surface area contributed by atoms with Crippen LogP contribution in [0.5, 0.6) is 5.75 Å². The van der Waals surface area contributed by atoms with Crippen LogP contribution in [0.2, 0.25) is 0 Å². The number of thioether (sulfide) groups is 2. The summed E-state index contributed by atoms with van der Waals surface area (Å²) < 4.78 is 11.6. The van der Waals surface area contributed by atoms with Gasteiger partial charge in [-0.05, 0) is 43.2 Å². The van der Waals surface area contributed by atoms with Gasteiger partial charge in [0.15, 0.2) is 0 Å². The summed E-state index contributed by atoms with van der Waals surface area (Å²) in [6.45, 7) is 2.42. The average Bonchev–Trinajstić information content (AvgIpc) is 3.29. The fourth-order valence-corrected chi connectivity index (χ4v) is 4.80. The van der Waals surface area contributed by atoms with E-state index in [2.05, 4.69) is 22.4 Å². The molecule has 160 valence electrons. The highest BCUT2D eigenvalue weighted by Gasteiger charge is 2.31. The molecule has 31 heavy (non-hydrogen) atoms. The average molecular weight is 455 g/mol. The van der Waals surface area contributed by atoms with Gasteiger partial charge in [0.25, 0.3) is 5.24 Å². The number of aromatic nitrogens is 1. The Morgan fingerprint density at radius 2 is 1.90 bits per heavy atom. The molecule has 0 radical (unpaired) electrons. The first-order chi connectivity index (χ1) is 15.1. The zero-order valence-electron chi connectivity index (χ0n) is 17.0. The molecular formula is C23H22N2O4S2. The molecule has 6 nitrogen and oxygen atoms in total. The summed E-state index contributed by atoms with van der Waals surface area (Å²) in [6, 6.07) is 17.8. The molecule has 0 aliphatic carbocycles. The molecule has 1 aromatic heterocycles. The smallest absolute Gasteiger partial charge is 0.286 e. The van der Waals surface area contributed by atoms with E-state index < -0.39 is 0 Å². The molecule has 1 aliphatic rings. The summed E-state index contributed by atoms with van der Waals surface area (Å²) in [7, 11) is 0. The van der Waals surface area contributed by atoms with Gasteiger partial charge in [-0.2, -0.15) is 0 Å². The number of carbonyl (C=O) groups excluding carboxylic acids is 2. The summed E-state index contributed by atoms with van der Waals surface area (Å²) in [4.78, 5) is 28.7. The molecule has 0 bridgehead atoms. The molecular weight excluding hydrogens is 432 g/mol. The van der Waals surface area contributed by atoms with Crippen LogP contribution in [0, 0.1) is 6.92 Å². The fourth-order valence-electron chi connectivity index (χ4n) is 3.17. The number of rotatable bonds is 9. The number of aryl methyl sites for hydroxylation is 1. The Morgan fingerprint density at radius 1 is 1.13 bits per heavy atom. The molecule has 1 fully saturated rings. The Balaban J connectivity index is 1.24. The number of imide groups is 1. The summed E-state index contributed by atoms with van der Waals surface area (Å²) in [5.41, 5.74) is 1.90. The Bertz CT molecular complexity index is 1050. The lowest BCUT2D eigenvalue weighted by Gasteiger charge is -2.08. The van der Waals surface area contributed by atoms with E-state index in [1.807, 2.05) is 49.4 Å². The first-order valence-electron chi connectivity index (χ1n) is 9.93. The van der Waals surface area contributed by atoms with Crippen molar-refractivity contribution in [3.05, 3.63) is 77.5 Å². The van der Waals surface area contributed by atoms with Crippen molar-refractivity contribution in [2.24, 2.45) is 0 Å². The first kappa shape index (κ1) is 21.5. The standard InChI is InChI=1S/C23H22N2O4S2/c1-15-19(24-21(29-15)14-30-18-5-3-2-4-6-18)11-12-28-17-9-7-16(8-10-17)13-20-22(26)25-23(27)31-20/h2-10,20H,11-14H2,1H3,(H,25,26,27). The molecule has 3 aromatic rings.